The second kappa shape index (κ2) is 12.6. The zero-order valence-electron chi connectivity index (χ0n) is 16.3. The molecule has 0 saturated carbocycles. The van der Waals surface area contributed by atoms with E-state index in [-0.39, 0.29) is 42.5 Å². The Bertz CT molecular complexity index is 621. The van der Waals surface area contributed by atoms with Crippen LogP contribution in [0.15, 0.2) is 33.7 Å². The molecule has 1 aliphatic heterocycles. The number of hydrogen-bond donors (Lipinski definition) is 1. The summed E-state index contributed by atoms with van der Waals surface area (Å²) in [5, 5.41) is 3.39. The molecule has 1 aromatic carbocycles. The highest BCUT2D eigenvalue weighted by atomic mass is 127. The highest BCUT2D eigenvalue weighted by Crippen LogP contribution is 2.17. The molecule has 1 atom stereocenters. The highest BCUT2D eigenvalue weighted by molar-refractivity contribution is 14.0. The maximum Gasteiger partial charge on any atom is 0.243 e. The van der Waals surface area contributed by atoms with Crippen LogP contribution in [0.3, 0.4) is 0 Å². The van der Waals surface area contributed by atoms with Gasteiger partial charge in [0.05, 0.1) is 6.10 Å². The first-order chi connectivity index (χ1) is 12.5. The number of halogens is 2. The van der Waals surface area contributed by atoms with Gasteiger partial charge in [0.2, 0.25) is 5.91 Å². The van der Waals surface area contributed by atoms with Crippen LogP contribution in [0.25, 0.3) is 0 Å². The van der Waals surface area contributed by atoms with Crippen molar-refractivity contribution in [2.24, 2.45) is 4.99 Å². The largest absolute Gasteiger partial charge is 0.376 e. The van der Waals surface area contributed by atoms with Crippen molar-refractivity contribution < 1.29 is 9.53 Å². The van der Waals surface area contributed by atoms with Gasteiger partial charge in [-0.15, -0.1) is 24.0 Å². The minimum atomic E-state index is -0.0208. The number of carbonyl (C=O) groups is 1. The molecule has 1 amide bonds. The number of amides is 1. The smallest absolute Gasteiger partial charge is 0.243 e. The summed E-state index contributed by atoms with van der Waals surface area (Å²) < 4.78 is 6.85. The quantitative estimate of drug-likeness (QED) is 0.335. The second-order valence-electron chi connectivity index (χ2n) is 6.74. The van der Waals surface area contributed by atoms with Gasteiger partial charge in [-0.1, -0.05) is 34.1 Å². The minimum absolute atomic E-state index is 0. The second-order valence-corrected chi connectivity index (χ2v) is 7.60. The third-order valence-electron chi connectivity index (χ3n) is 4.35. The molecule has 1 fully saturated rings. The minimum Gasteiger partial charge on any atom is -0.376 e. The van der Waals surface area contributed by atoms with Gasteiger partial charge >= 0.3 is 0 Å². The van der Waals surface area contributed by atoms with Crippen LogP contribution in [0.2, 0.25) is 0 Å². The fourth-order valence-corrected chi connectivity index (χ4v) is 3.14. The van der Waals surface area contributed by atoms with Crippen LogP contribution < -0.4 is 5.32 Å². The Labute approximate surface area is 187 Å². The molecular formula is C19H30BrIN4O2. The van der Waals surface area contributed by atoms with Gasteiger partial charge in [0, 0.05) is 45.3 Å². The van der Waals surface area contributed by atoms with Gasteiger partial charge in [-0.3, -0.25) is 4.79 Å². The predicted octanol–water partition coefficient (Wildman–Crippen LogP) is 3.10. The van der Waals surface area contributed by atoms with Crippen LogP contribution in [-0.2, 0) is 16.1 Å². The van der Waals surface area contributed by atoms with Crippen LogP contribution >= 0.6 is 39.9 Å². The van der Waals surface area contributed by atoms with Crippen molar-refractivity contribution in [1.29, 1.82) is 0 Å². The Balaban J connectivity index is 0.00000364. The maximum absolute atomic E-state index is 11.9. The summed E-state index contributed by atoms with van der Waals surface area (Å²) in [5.41, 5.74) is 1.16. The summed E-state index contributed by atoms with van der Waals surface area (Å²) in [5.74, 6) is 0.692. The first-order valence-corrected chi connectivity index (χ1v) is 9.81. The number of nitrogens with zero attached hydrogens (tertiary/aromatic N) is 3. The Hall–Kier alpha value is -0.870. The Kier molecular flexibility index (Phi) is 11.2. The molecule has 1 aromatic rings. The van der Waals surface area contributed by atoms with Crippen LogP contribution in [-0.4, -0.2) is 68.6 Å². The summed E-state index contributed by atoms with van der Waals surface area (Å²) >= 11 is 3.59. The number of benzene rings is 1. The summed E-state index contributed by atoms with van der Waals surface area (Å²) in [6.45, 7) is 2.34. The molecule has 152 valence electrons. The number of likely N-dealkylation sites (N-methyl/N-ethyl adjacent to an activating group) is 1. The first kappa shape index (κ1) is 24.2. The lowest BCUT2D eigenvalue weighted by molar-refractivity contribution is -0.127. The van der Waals surface area contributed by atoms with Crippen molar-refractivity contribution >= 4 is 51.8 Å². The van der Waals surface area contributed by atoms with Crippen molar-refractivity contribution in [2.45, 2.75) is 31.9 Å². The van der Waals surface area contributed by atoms with Crippen LogP contribution in [0.4, 0.5) is 0 Å². The average Bonchev–Trinajstić information content (AvgIpc) is 2.64. The van der Waals surface area contributed by atoms with Crippen LogP contribution in [0.5, 0.6) is 0 Å². The van der Waals surface area contributed by atoms with E-state index in [1.807, 2.05) is 30.1 Å². The van der Waals surface area contributed by atoms with E-state index in [0.717, 1.165) is 29.5 Å². The van der Waals surface area contributed by atoms with Crippen molar-refractivity contribution in [3.63, 3.8) is 0 Å². The molecule has 1 aliphatic rings. The zero-order valence-corrected chi connectivity index (χ0v) is 20.2. The SMILES string of the molecule is CN(C)C(=O)CN=C(NCC1CCCCO1)N(C)Cc1ccccc1Br.I. The van der Waals surface area contributed by atoms with E-state index in [0.29, 0.717) is 19.0 Å². The molecule has 1 unspecified atom stereocenters. The van der Waals surface area contributed by atoms with Crippen molar-refractivity contribution in [3.05, 3.63) is 34.3 Å². The number of guanidine groups is 1. The van der Waals surface area contributed by atoms with Crippen molar-refractivity contribution in [1.82, 2.24) is 15.1 Å². The molecule has 1 heterocycles. The summed E-state index contributed by atoms with van der Waals surface area (Å²) in [7, 11) is 5.46. The Morgan fingerprint density at radius 3 is 2.67 bits per heavy atom. The Morgan fingerprint density at radius 1 is 1.30 bits per heavy atom. The molecule has 1 saturated heterocycles. The van der Waals surface area contributed by atoms with E-state index in [1.165, 1.54) is 6.42 Å². The van der Waals surface area contributed by atoms with Crippen LogP contribution in [0.1, 0.15) is 24.8 Å². The van der Waals surface area contributed by atoms with Crippen LogP contribution in [0, 0.1) is 0 Å². The molecule has 1 N–H and O–H groups in total. The molecule has 6 nitrogen and oxygen atoms in total. The molecule has 27 heavy (non-hydrogen) atoms. The van der Waals surface area contributed by atoms with E-state index in [1.54, 1.807) is 19.0 Å². The standard InChI is InChI=1S/C19H29BrN4O2.HI/c1-23(2)18(25)13-22-19(21-12-16-9-6-7-11-26-16)24(3)14-15-8-4-5-10-17(15)20;/h4-5,8,10,16H,6-7,9,11-14H2,1-3H3,(H,21,22);1H. The fourth-order valence-electron chi connectivity index (χ4n) is 2.73. The lowest BCUT2D eigenvalue weighted by atomic mass is 10.1. The maximum atomic E-state index is 11.9. The molecule has 8 heteroatoms. The molecule has 0 radical (unpaired) electrons. The van der Waals surface area contributed by atoms with Gasteiger partial charge in [-0.05, 0) is 30.9 Å². The summed E-state index contributed by atoms with van der Waals surface area (Å²) in [6.07, 6.45) is 3.60. The van der Waals surface area contributed by atoms with Gasteiger partial charge in [0.25, 0.3) is 0 Å². The third-order valence-corrected chi connectivity index (χ3v) is 5.13. The number of aliphatic imine (C=N–C) groups is 1. The van der Waals surface area contributed by atoms with E-state index in [4.69, 9.17) is 4.74 Å². The van der Waals surface area contributed by atoms with Crippen molar-refractivity contribution in [3.8, 4) is 0 Å². The Morgan fingerprint density at radius 2 is 2.04 bits per heavy atom. The average molecular weight is 553 g/mol. The topological polar surface area (TPSA) is 57.2 Å². The number of ether oxygens (including phenoxy) is 1. The number of rotatable bonds is 6. The predicted molar refractivity (Wildman–Crippen MR) is 124 cm³/mol. The third kappa shape index (κ3) is 8.35. The summed E-state index contributed by atoms with van der Waals surface area (Å²) in [4.78, 5) is 20.0. The monoisotopic (exact) mass is 552 g/mol. The lowest BCUT2D eigenvalue weighted by Gasteiger charge is -2.27. The molecule has 2 rings (SSSR count). The molecule has 0 aliphatic carbocycles. The zero-order chi connectivity index (χ0) is 18.9. The number of nitrogens with one attached hydrogen (secondary N) is 1. The van der Waals surface area contributed by atoms with E-state index < -0.39 is 0 Å². The highest BCUT2D eigenvalue weighted by Gasteiger charge is 2.16. The summed E-state index contributed by atoms with van der Waals surface area (Å²) in [6, 6.07) is 8.12. The first-order valence-electron chi connectivity index (χ1n) is 9.02. The lowest BCUT2D eigenvalue weighted by Crippen LogP contribution is -2.43. The normalized spacial score (nSPS) is 17.0. The van der Waals surface area contributed by atoms with Crippen molar-refractivity contribution in [2.75, 3.05) is 40.8 Å². The molecule has 0 bridgehead atoms. The van der Waals surface area contributed by atoms with E-state index >= 15 is 0 Å². The van der Waals surface area contributed by atoms with Gasteiger partial charge in [0.1, 0.15) is 6.54 Å². The molecule has 0 aromatic heterocycles. The van der Waals surface area contributed by atoms with Gasteiger partial charge in [0.15, 0.2) is 5.96 Å². The number of carbonyl (C=O) groups excluding carboxylic acids is 1. The van der Waals surface area contributed by atoms with E-state index in [9.17, 15) is 4.79 Å². The van der Waals surface area contributed by atoms with E-state index in [2.05, 4.69) is 32.3 Å². The van der Waals surface area contributed by atoms with Gasteiger partial charge in [-0.25, -0.2) is 4.99 Å². The molecule has 0 spiro atoms. The fraction of sp³-hybridized carbons (Fsp3) is 0.579. The van der Waals surface area contributed by atoms with Gasteiger partial charge < -0.3 is 19.9 Å². The van der Waals surface area contributed by atoms with Gasteiger partial charge in [-0.2, -0.15) is 0 Å². The number of hydrogen-bond acceptors (Lipinski definition) is 3. The molecular weight excluding hydrogens is 523 g/mol.